The average molecular weight is 207 g/mol. The number of hydrogen-bond acceptors (Lipinski definition) is 4. The summed E-state index contributed by atoms with van der Waals surface area (Å²) in [5.41, 5.74) is 0.330. The van der Waals surface area contributed by atoms with Gasteiger partial charge < -0.3 is 14.8 Å². The topological polar surface area (TPSA) is 62.6 Å². The highest BCUT2D eigenvalue weighted by molar-refractivity contribution is 6.58. The molecule has 0 aromatic carbocycles. The SMILES string of the molecule is C=CCCCOc1cncc(B(O)O)c1. The Balaban J connectivity index is 2.46. The van der Waals surface area contributed by atoms with Crippen LogP contribution in [0.5, 0.6) is 5.75 Å². The highest BCUT2D eigenvalue weighted by Gasteiger charge is 2.11. The zero-order valence-corrected chi connectivity index (χ0v) is 8.47. The molecule has 0 aliphatic carbocycles. The zero-order valence-electron chi connectivity index (χ0n) is 8.47. The van der Waals surface area contributed by atoms with E-state index in [4.69, 9.17) is 14.8 Å². The summed E-state index contributed by atoms with van der Waals surface area (Å²) in [6.07, 6.45) is 6.54. The monoisotopic (exact) mass is 207 g/mol. The summed E-state index contributed by atoms with van der Waals surface area (Å²) < 4.78 is 5.37. The van der Waals surface area contributed by atoms with Gasteiger partial charge in [0.2, 0.25) is 0 Å². The molecule has 0 atom stereocenters. The van der Waals surface area contributed by atoms with Crippen molar-refractivity contribution in [3.63, 3.8) is 0 Å². The summed E-state index contributed by atoms with van der Waals surface area (Å²) in [7, 11) is -1.51. The van der Waals surface area contributed by atoms with E-state index in [1.54, 1.807) is 12.3 Å². The molecule has 1 aromatic heterocycles. The standard InChI is InChI=1S/C10H14BNO3/c1-2-3-4-5-15-10-6-9(11(13)14)7-12-8-10/h2,6-8,13-14H,1,3-5H2. The second-order valence-corrected chi connectivity index (χ2v) is 3.11. The summed E-state index contributed by atoms with van der Waals surface area (Å²) >= 11 is 0. The van der Waals surface area contributed by atoms with Gasteiger partial charge in [-0.3, -0.25) is 4.98 Å². The maximum Gasteiger partial charge on any atom is 0.490 e. The average Bonchev–Trinajstić information content (AvgIpc) is 2.25. The van der Waals surface area contributed by atoms with Crippen LogP contribution in [0.3, 0.4) is 0 Å². The van der Waals surface area contributed by atoms with Crippen molar-refractivity contribution in [2.24, 2.45) is 0 Å². The van der Waals surface area contributed by atoms with E-state index in [1.807, 2.05) is 6.08 Å². The van der Waals surface area contributed by atoms with Gasteiger partial charge in [-0.25, -0.2) is 0 Å². The summed E-state index contributed by atoms with van der Waals surface area (Å²) in [6.45, 7) is 4.18. The molecule has 15 heavy (non-hydrogen) atoms. The minimum absolute atomic E-state index is 0.330. The largest absolute Gasteiger partial charge is 0.492 e. The van der Waals surface area contributed by atoms with E-state index in [0.29, 0.717) is 17.8 Å². The molecule has 80 valence electrons. The molecule has 0 bridgehead atoms. The number of allylic oxidation sites excluding steroid dienone is 1. The van der Waals surface area contributed by atoms with Gasteiger partial charge in [-0.05, 0) is 18.9 Å². The first-order valence-electron chi connectivity index (χ1n) is 4.79. The molecule has 0 saturated carbocycles. The Kier molecular flexibility index (Phi) is 4.87. The number of hydrogen-bond donors (Lipinski definition) is 2. The molecule has 0 fully saturated rings. The number of unbranched alkanes of at least 4 members (excludes halogenated alkanes) is 1. The molecule has 0 amide bonds. The van der Waals surface area contributed by atoms with Gasteiger partial charge >= 0.3 is 7.12 Å². The predicted molar refractivity (Wildman–Crippen MR) is 59.0 cm³/mol. The molecule has 1 aromatic rings. The van der Waals surface area contributed by atoms with E-state index >= 15 is 0 Å². The Morgan fingerprint density at radius 2 is 2.27 bits per heavy atom. The number of aromatic nitrogens is 1. The minimum atomic E-state index is -1.51. The van der Waals surface area contributed by atoms with Crippen molar-refractivity contribution >= 4 is 12.6 Å². The van der Waals surface area contributed by atoms with Crippen LogP contribution >= 0.6 is 0 Å². The fourth-order valence-corrected chi connectivity index (χ4v) is 1.07. The maximum absolute atomic E-state index is 8.90. The first-order chi connectivity index (χ1) is 7.24. The molecule has 0 saturated heterocycles. The van der Waals surface area contributed by atoms with Crippen LogP contribution in [0.2, 0.25) is 0 Å². The first kappa shape index (κ1) is 11.7. The number of ether oxygens (including phenoxy) is 1. The van der Waals surface area contributed by atoms with E-state index in [-0.39, 0.29) is 0 Å². The van der Waals surface area contributed by atoms with Crippen molar-refractivity contribution in [1.82, 2.24) is 4.98 Å². The summed E-state index contributed by atoms with van der Waals surface area (Å²) in [4.78, 5) is 3.84. The van der Waals surface area contributed by atoms with Gasteiger partial charge in [0.1, 0.15) is 5.75 Å². The highest BCUT2D eigenvalue weighted by Crippen LogP contribution is 2.06. The normalized spacial score (nSPS) is 9.73. The van der Waals surface area contributed by atoms with Gasteiger partial charge in [0.25, 0.3) is 0 Å². The van der Waals surface area contributed by atoms with Gasteiger partial charge in [0, 0.05) is 11.7 Å². The van der Waals surface area contributed by atoms with Gasteiger partial charge in [-0.2, -0.15) is 0 Å². The lowest BCUT2D eigenvalue weighted by molar-refractivity contribution is 0.311. The molecule has 4 nitrogen and oxygen atoms in total. The van der Waals surface area contributed by atoms with Crippen molar-refractivity contribution in [3.05, 3.63) is 31.1 Å². The van der Waals surface area contributed by atoms with Gasteiger partial charge in [0.05, 0.1) is 12.8 Å². The molecule has 0 aliphatic heterocycles. The van der Waals surface area contributed by atoms with Crippen LogP contribution in [0.1, 0.15) is 12.8 Å². The molecular weight excluding hydrogens is 193 g/mol. The Bertz CT molecular complexity index is 317. The third-order valence-corrected chi connectivity index (χ3v) is 1.85. The van der Waals surface area contributed by atoms with Crippen molar-refractivity contribution in [2.75, 3.05) is 6.61 Å². The number of rotatable bonds is 6. The molecule has 5 heteroatoms. The summed E-state index contributed by atoms with van der Waals surface area (Å²) in [5, 5.41) is 17.8. The fraction of sp³-hybridized carbons (Fsp3) is 0.300. The van der Waals surface area contributed by atoms with Crippen LogP contribution in [-0.2, 0) is 0 Å². The lowest BCUT2D eigenvalue weighted by Crippen LogP contribution is -2.30. The van der Waals surface area contributed by atoms with E-state index in [2.05, 4.69) is 11.6 Å². The van der Waals surface area contributed by atoms with Crippen LogP contribution in [0.15, 0.2) is 31.1 Å². The van der Waals surface area contributed by atoms with Crippen molar-refractivity contribution in [3.8, 4) is 5.75 Å². The van der Waals surface area contributed by atoms with Crippen LogP contribution in [-0.4, -0.2) is 28.8 Å². The lowest BCUT2D eigenvalue weighted by Gasteiger charge is -2.06. The summed E-state index contributed by atoms with van der Waals surface area (Å²) in [6, 6.07) is 1.56. The van der Waals surface area contributed by atoms with Crippen LogP contribution in [0.4, 0.5) is 0 Å². The van der Waals surface area contributed by atoms with E-state index < -0.39 is 7.12 Å². The van der Waals surface area contributed by atoms with Crippen LogP contribution < -0.4 is 10.2 Å². The third kappa shape index (κ3) is 4.14. The first-order valence-corrected chi connectivity index (χ1v) is 4.79. The van der Waals surface area contributed by atoms with Crippen molar-refractivity contribution in [1.29, 1.82) is 0 Å². The van der Waals surface area contributed by atoms with Crippen LogP contribution in [0, 0.1) is 0 Å². The molecule has 0 unspecified atom stereocenters. The quantitative estimate of drug-likeness (QED) is 0.394. The molecule has 0 spiro atoms. The molecule has 1 heterocycles. The number of pyridine rings is 1. The second-order valence-electron chi connectivity index (χ2n) is 3.11. The number of nitrogens with zero attached hydrogens (tertiary/aromatic N) is 1. The highest BCUT2D eigenvalue weighted by atomic mass is 16.5. The molecule has 0 aliphatic rings. The minimum Gasteiger partial charge on any atom is -0.492 e. The van der Waals surface area contributed by atoms with Crippen molar-refractivity contribution < 1.29 is 14.8 Å². The lowest BCUT2D eigenvalue weighted by atomic mass is 9.82. The fourth-order valence-electron chi connectivity index (χ4n) is 1.07. The van der Waals surface area contributed by atoms with Gasteiger partial charge in [-0.15, -0.1) is 6.58 Å². The van der Waals surface area contributed by atoms with Gasteiger partial charge in [0.15, 0.2) is 0 Å². The van der Waals surface area contributed by atoms with E-state index in [0.717, 1.165) is 12.8 Å². The summed E-state index contributed by atoms with van der Waals surface area (Å²) in [5.74, 6) is 0.546. The van der Waals surface area contributed by atoms with E-state index in [1.165, 1.54) is 6.20 Å². The molecular formula is C10H14BNO3. The Morgan fingerprint density at radius 1 is 1.47 bits per heavy atom. The molecule has 1 rings (SSSR count). The van der Waals surface area contributed by atoms with Crippen molar-refractivity contribution in [2.45, 2.75) is 12.8 Å². The van der Waals surface area contributed by atoms with E-state index in [9.17, 15) is 0 Å². The third-order valence-electron chi connectivity index (χ3n) is 1.85. The van der Waals surface area contributed by atoms with Gasteiger partial charge in [-0.1, -0.05) is 6.08 Å². The Morgan fingerprint density at radius 3 is 2.93 bits per heavy atom. The predicted octanol–water partition coefficient (Wildman–Crippen LogP) is 0.106. The zero-order chi connectivity index (χ0) is 11.1. The maximum atomic E-state index is 8.90. The smallest absolute Gasteiger partial charge is 0.490 e. The second kappa shape index (κ2) is 6.21. The Hall–Kier alpha value is -1.33. The molecule has 0 radical (unpaired) electrons. The molecule has 2 N–H and O–H groups in total. The Labute approximate surface area is 89.4 Å². The van der Waals surface area contributed by atoms with Crippen LogP contribution in [0.25, 0.3) is 0 Å².